The van der Waals surface area contributed by atoms with E-state index in [1.807, 2.05) is 30.3 Å². The van der Waals surface area contributed by atoms with E-state index < -0.39 is 0 Å². The van der Waals surface area contributed by atoms with Gasteiger partial charge in [-0.15, -0.1) is 0 Å². The van der Waals surface area contributed by atoms with Gasteiger partial charge in [0.05, 0.1) is 17.7 Å². The maximum atomic E-state index is 5.77. The largest absolute Gasteiger partial charge is 0.399 e. The van der Waals surface area contributed by atoms with Crippen LogP contribution in [0.3, 0.4) is 0 Å². The van der Waals surface area contributed by atoms with Crippen molar-refractivity contribution in [2.45, 2.75) is 31.9 Å². The van der Waals surface area contributed by atoms with Crippen LogP contribution in [0, 0.1) is 0 Å². The van der Waals surface area contributed by atoms with Gasteiger partial charge >= 0.3 is 0 Å². The fraction of sp³-hybridized carbons (Fsp3) is 0.400. The van der Waals surface area contributed by atoms with E-state index in [9.17, 15) is 0 Å². The molecule has 2 heterocycles. The number of nitrogen functional groups attached to an aromatic ring is 1. The predicted octanol–water partition coefficient (Wildman–Crippen LogP) is 2.80. The number of nitrogens with one attached hydrogen (secondary N) is 1. The van der Waals surface area contributed by atoms with Crippen LogP contribution in [0.25, 0.3) is 10.9 Å². The van der Waals surface area contributed by atoms with E-state index in [4.69, 9.17) is 10.5 Å². The van der Waals surface area contributed by atoms with E-state index in [0.717, 1.165) is 41.9 Å². The molecule has 1 aromatic carbocycles. The summed E-state index contributed by atoms with van der Waals surface area (Å²) >= 11 is 0. The van der Waals surface area contributed by atoms with Gasteiger partial charge in [-0.25, -0.2) is 4.98 Å². The number of nitrogens with two attached hydrogens (primary N) is 1. The molecule has 0 radical (unpaired) electrons. The monoisotopic (exact) mass is 257 g/mol. The van der Waals surface area contributed by atoms with E-state index in [1.165, 1.54) is 0 Å². The Hall–Kier alpha value is -1.81. The third-order valence-electron chi connectivity index (χ3n) is 3.61. The molecule has 1 saturated heterocycles. The number of hydrogen-bond acceptors (Lipinski definition) is 4. The molecule has 0 spiro atoms. The summed E-state index contributed by atoms with van der Waals surface area (Å²) in [6.07, 6.45) is 2.57. The van der Waals surface area contributed by atoms with Crippen molar-refractivity contribution in [3.05, 3.63) is 30.3 Å². The second-order valence-electron chi connectivity index (χ2n) is 5.13. The van der Waals surface area contributed by atoms with E-state index in [2.05, 4.69) is 17.2 Å². The third kappa shape index (κ3) is 2.63. The van der Waals surface area contributed by atoms with Gasteiger partial charge < -0.3 is 15.8 Å². The zero-order chi connectivity index (χ0) is 13.2. The van der Waals surface area contributed by atoms with Gasteiger partial charge in [0.15, 0.2) is 0 Å². The lowest BCUT2D eigenvalue weighted by atomic mass is 10.1. The number of ether oxygens (including phenoxy) is 1. The van der Waals surface area contributed by atoms with Crippen LogP contribution in [-0.4, -0.2) is 23.7 Å². The minimum absolute atomic E-state index is 0.279. The van der Waals surface area contributed by atoms with E-state index >= 15 is 0 Å². The zero-order valence-corrected chi connectivity index (χ0v) is 11.1. The van der Waals surface area contributed by atoms with Gasteiger partial charge in [-0.3, -0.25) is 0 Å². The average Bonchev–Trinajstić information content (AvgIpc) is 2.93. The topological polar surface area (TPSA) is 60.2 Å². The molecule has 4 nitrogen and oxygen atoms in total. The van der Waals surface area contributed by atoms with Gasteiger partial charge in [-0.05, 0) is 50.1 Å². The smallest absolute Gasteiger partial charge is 0.126 e. The Kier molecular flexibility index (Phi) is 3.25. The zero-order valence-electron chi connectivity index (χ0n) is 11.1. The highest BCUT2D eigenvalue weighted by Crippen LogP contribution is 2.21. The molecular weight excluding hydrogens is 238 g/mol. The molecule has 0 saturated carbocycles. The summed E-state index contributed by atoms with van der Waals surface area (Å²) in [5, 5.41) is 4.49. The Morgan fingerprint density at radius 1 is 1.37 bits per heavy atom. The molecule has 0 aliphatic carbocycles. The number of hydrogen-bond donors (Lipinski definition) is 2. The van der Waals surface area contributed by atoms with Crippen molar-refractivity contribution in [1.82, 2.24) is 4.98 Å². The van der Waals surface area contributed by atoms with Crippen molar-refractivity contribution in [2.75, 3.05) is 17.7 Å². The maximum Gasteiger partial charge on any atom is 0.126 e. The number of rotatable bonds is 3. The van der Waals surface area contributed by atoms with Crippen molar-refractivity contribution >= 4 is 22.4 Å². The van der Waals surface area contributed by atoms with Crippen molar-refractivity contribution in [3.8, 4) is 0 Å². The van der Waals surface area contributed by atoms with Crippen LogP contribution in [0.4, 0.5) is 11.5 Å². The lowest BCUT2D eigenvalue weighted by molar-refractivity contribution is 0.0996. The van der Waals surface area contributed by atoms with Crippen LogP contribution in [0.2, 0.25) is 0 Å². The highest BCUT2D eigenvalue weighted by molar-refractivity contribution is 5.83. The van der Waals surface area contributed by atoms with Crippen LogP contribution in [0.15, 0.2) is 30.3 Å². The Bertz CT molecular complexity index is 579. The summed E-state index contributed by atoms with van der Waals surface area (Å²) in [5.74, 6) is 0.889. The van der Waals surface area contributed by atoms with Crippen molar-refractivity contribution in [2.24, 2.45) is 0 Å². The lowest BCUT2D eigenvalue weighted by Gasteiger charge is -2.20. The SMILES string of the molecule is CC(Nc1ccc2cc(N)ccc2n1)C1CCCO1. The molecule has 1 fully saturated rings. The average molecular weight is 257 g/mol. The summed E-state index contributed by atoms with van der Waals surface area (Å²) in [5.41, 5.74) is 7.49. The first-order valence-electron chi connectivity index (χ1n) is 6.77. The fourth-order valence-corrected chi connectivity index (χ4v) is 2.55. The molecule has 4 heteroatoms. The fourth-order valence-electron chi connectivity index (χ4n) is 2.55. The third-order valence-corrected chi connectivity index (χ3v) is 3.61. The van der Waals surface area contributed by atoms with Crippen molar-refractivity contribution in [3.63, 3.8) is 0 Å². The van der Waals surface area contributed by atoms with Crippen LogP contribution < -0.4 is 11.1 Å². The molecule has 0 bridgehead atoms. The number of fused-ring (bicyclic) bond motifs is 1. The normalized spacial score (nSPS) is 20.6. The molecule has 3 rings (SSSR count). The summed E-state index contributed by atoms with van der Waals surface area (Å²) in [7, 11) is 0. The molecule has 2 unspecified atom stereocenters. The minimum Gasteiger partial charge on any atom is -0.399 e. The lowest BCUT2D eigenvalue weighted by Crippen LogP contribution is -2.30. The molecule has 19 heavy (non-hydrogen) atoms. The predicted molar refractivity (Wildman–Crippen MR) is 78.2 cm³/mol. The van der Waals surface area contributed by atoms with Crippen LogP contribution in [0.5, 0.6) is 0 Å². The Morgan fingerprint density at radius 3 is 3.05 bits per heavy atom. The quantitative estimate of drug-likeness (QED) is 0.830. The number of anilines is 2. The van der Waals surface area contributed by atoms with E-state index in [1.54, 1.807) is 0 Å². The molecule has 0 amide bonds. The number of pyridine rings is 1. The van der Waals surface area contributed by atoms with Crippen LogP contribution >= 0.6 is 0 Å². The minimum atomic E-state index is 0.279. The number of benzene rings is 1. The maximum absolute atomic E-state index is 5.77. The van der Waals surface area contributed by atoms with Gasteiger partial charge in [0.2, 0.25) is 0 Å². The van der Waals surface area contributed by atoms with Gasteiger partial charge in [0, 0.05) is 17.7 Å². The van der Waals surface area contributed by atoms with Gasteiger partial charge in [-0.1, -0.05) is 0 Å². The summed E-state index contributed by atoms with van der Waals surface area (Å²) < 4.78 is 5.68. The second kappa shape index (κ2) is 5.05. The number of nitrogens with zero attached hydrogens (tertiary/aromatic N) is 1. The summed E-state index contributed by atoms with van der Waals surface area (Å²) in [6, 6.07) is 10.1. The molecule has 100 valence electrons. The van der Waals surface area contributed by atoms with Gasteiger partial charge in [-0.2, -0.15) is 0 Å². The van der Waals surface area contributed by atoms with Crippen molar-refractivity contribution < 1.29 is 4.74 Å². The Morgan fingerprint density at radius 2 is 2.26 bits per heavy atom. The Labute approximate surface area is 113 Å². The van der Waals surface area contributed by atoms with Gasteiger partial charge in [0.25, 0.3) is 0 Å². The summed E-state index contributed by atoms with van der Waals surface area (Å²) in [4.78, 5) is 4.61. The summed E-state index contributed by atoms with van der Waals surface area (Å²) in [6.45, 7) is 3.02. The van der Waals surface area contributed by atoms with Crippen molar-refractivity contribution in [1.29, 1.82) is 0 Å². The van der Waals surface area contributed by atoms with Gasteiger partial charge in [0.1, 0.15) is 5.82 Å². The molecule has 1 aliphatic heterocycles. The molecule has 2 atom stereocenters. The van der Waals surface area contributed by atoms with Crippen LogP contribution in [0.1, 0.15) is 19.8 Å². The first-order chi connectivity index (χ1) is 9.22. The first-order valence-corrected chi connectivity index (χ1v) is 6.77. The highest BCUT2D eigenvalue weighted by atomic mass is 16.5. The highest BCUT2D eigenvalue weighted by Gasteiger charge is 2.22. The standard InChI is InChI=1S/C15H19N3O/c1-10(14-3-2-8-19-14)17-15-7-4-11-9-12(16)5-6-13(11)18-15/h4-7,9-10,14H,2-3,8,16H2,1H3,(H,17,18). The van der Waals surface area contributed by atoms with E-state index in [-0.39, 0.29) is 6.04 Å². The second-order valence-corrected chi connectivity index (χ2v) is 5.13. The molecule has 2 aromatic rings. The molecule has 1 aliphatic rings. The Balaban J connectivity index is 1.79. The molecular formula is C15H19N3O. The van der Waals surface area contributed by atoms with E-state index in [0.29, 0.717) is 6.10 Å². The van der Waals surface area contributed by atoms with Crippen LogP contribution in [-0.2, 0) is 4.74 Å². The number of aromatic nitrogens is 1. The first kappa shape index (κ1) is 12.2. The molecule has 1 aromatic heterocycles. The molecule has 3 N–H and O–H groups in total.